The fraction of sp³-hybridized carbons (Fsp3) is 0.714. The Kier molecular flexibility index (Phi) is 3.04. The minimum atomic E-state index is -0.597. The van der Waals surface area contributed by atoms with Crippen LogP contribution in [0.4, 0.5) is 0 Å². The van der Waals surface area contributed by atoms with Crippen molar-refractivity contribution in [3.8, 4) is 0 Å². The van der Waals surface area contributed by atoms with Crippen molar-refractivity contribution in [2.75, 3.05) is 0 Å². The maximum Gasteiger partial charge on any atom is 0.240 e. The standard InChI is InChI=1S/C7H14N2O2/c1-7(2,3)5(6(8)11)9-4-10/h4-5H,1-3H3,(H2,8,11)(H,9,10)/t5-/m1/s1. The summed E-state index contributed by atoms with van der Waals surface area (Å²) in [7, 11) is 0. The van der Waals surface area contributed by atoms with E-state index >= 15 is 0 Å². The monoisotopic (exact) mass is 158 g/mol. The minimum absolute atomic E-state index is 0.327. The van der Waals surface area contributed by atoms with Crippen molar-refractivity contribution < 1.29 is 9.59 Å². The van der Waals surface area contributed by atoms with E-state index in [-0.39, 0.29) is 5.41 Å². The first-order valence-electron chi connectivity index (χ1n) is 3.38. The summed E-state index contributed by atoms with van der Waals surface area (Å²) >= 11 is 0. The number of carbonyl (C=O) groups excluding carboxylic acids is 2. The van der Waals surface area contributed by atoms with Gasteiger partial charge in [-0.1, -0.05) is 20.8 Å². The molecule has 0 bridgehead atoms. The predicted molar refractivity (Wildman–Crippen MR) is 41.6 cm³/mol. The number of primary amides is 1. The molecule has 0 rings (SSSR count). The van der Waals surface area contributed by atoms with E-state index in [1.807, 2.05) is 20.8 Å². The quantitative estimate of drug-likeness (QED) is 0.550. The van der Waals surface area contributed by atoms with E-state index in [1.165, 1.54) is 0 Å². The molecule has 0 aliphatic heterocycles. The van der Waals surface area contributed by atoms with Gasteiger partial charge in [0, 0.05) is 0 Å². The fourth-order valence-electron chi connectivity index (χ4n) is 0.827. The SMILES string of the molecule is CC(C)(C)[C@H](NC=O)C(N)=O. The lowest BCUT2D eigenvalue weighted by atomic mass is 9.86. The van der Waals surface area contributed by atoms with Crippen LogP contribution in [0.25, 0.3) is 0 Å². The Balaban J connectivity index is 4.34. The van der Waals surface area contributed by atoms with Crippen LogP contribution in [0.3, 0.4) is 0 Å². The van der Waals surface area contributed by atoms with Gasteiger partial charge in [0.05, 0.1) is 0 Å². The zero-order valence-electron chi connectivity index (χ0n) is 7.05. The van der Waals surface area contributed by atoms with Crippen molar-refractivity contribution in [1.82, 2.24) is 5.32 Å². The van der Waals surface area contributed by atoms with Gasteiger partial charge < -0.3 is 11.1 Å². The van der Waals surface area contributed by atoms with Crippen LogP contribution in [0.5, 0.6) is 0 Å². The van der Waals surface area contributed by atoms with Gasteiger partial charge in [0.15, 0.2) is 0 Å². The summed E-state index contributed by atoms with van der Waals surface area (Å²) in [5.74, 6) is -0.510. The van der Waals surface area contributed by atoms with Crippen molar-refractivity contribution >= 4 is 12.3 Å². The average Bonchev–Trinajstić information content (AvgIpc) is 1.79. The first-order valence-corrected chi connectivity index (χ1v) is 3.38. The van der Waals surface area contributed by atoms with Crippen LogP contribution >= 0.6 is 0 Å². The average molecular weight is 158 g/mol. The number of hydrogen-bond donors (Lipinski definition) is 2. The molecule has 2 amide bonds. The van der Waals surface area contributed by atoms with Crippen molar-refractivity contribution in [1.29, 1.82) is 0 Å². The summed E-state index contributed by atoms with van der Waals surface area (Å²) in [6.45, 7) is 5.50. The smallest absolute Gasteiger partial charge is 0.240 e. The van der Waals surface area contributed by atoms with E-state index in [4.69, 9.17) is 5.73 Å². The van der Waals surface area contributed by atoms with E-state index in [1.54, 1.807) is 0 Å². The third-order valence-electron chi connectivity index (χ3n) is 1.39. The van der Waals surface area contributed by atoms with Gasteiger partial charge in [-0.25, -0.2) is 0 Å². The van der Waals surface area contributed by atoms with Gasteiger partial charge in [0.1, 0.15) is 6.04 Å². The molecule has 11 heavy (non-hydrogen) atoms. The molecule has 0 aliphatic carbocycles. The number of amides is 2. The van der Waals surface area contributed by atoms with E-state index in [0.29, 0.717) is 6.41 Å². The summed E-state index contributed by atoms with van der Waals surface area (Å²) in [5, 5.41) is 2.37. The molecule has 0 saturated carbocycles. The van der Waals surface area contributed by atoms with Gasteiger partial charge in [0.25, 0.3) is 0 Å². The molecular weight excluding hydrogens is 144 g/mol. The van der Waals surface area contributed by atoms with Gasteiger partial charge in [-0.05, 0) is 5.41 Å². The third kappa shape index (κ3) is 3.02. The van der Waals surface area contributed by atoms with E-state index in [9.17, 15) is 9.59 Å². The van der Waals surface area contributed by atoms with E-state index < -0.39 is 11.9 Å². The molecule has 0 radical (unpaired) electrons. The topological polar surface area (TPSA) is 72.2 Å². The zero-order valence-corrected chi connectivity index (χ0v) is 7.05. The molecule has 1 atom stereocenters. The second-order valence-corrected chi connectivity index (χ2v) is 3.49. The number of hydrogen-bond acceptors (Lipinski definition) is 2. The molecule has 0 aliphatic rings. The molecule has 0 heterocycles. The number of nitrogens with two attached hydrogens (primary N) is 1. The largest absolute Gasteiger partial charge is 0.368 e. The van der Waals surface area contributed by atoms with E-state index in [0.717, 1.165) is 0 Å². The van der Waals surface area contributed by atoms with Crippen LogP contribution in [0.2, 0.25) is 0 Å². The number of nitrogens with one attached hydrogen (secondary N) is 1. The molecule has 0 unspecified atom stereocenters. The van der Waals surface area contributed by atoms with Crippen molar-refractivity contribution in [3.05, 3.63) is 0 Å². The van der Waals surface area contributed by atoms with Crippen LogP contribution in [-0.4, -0.2) is 18.4 Å². The molecule has 3 N–H and O–H groups in total. The Morgan fingerprint density at radius 3 is 2.09 bits per heavy atom. The van der Waals surface area contributed by atoms with Gasteiger partial charge in [-0.3, -0.25) is 9.59 Å². The van der Waals surface area contributed by atoms with Crippen molar-refractivity contribution in [2.45, 2.75) is 26.8 Å². The Morgan fingerprint density at radius 1 is 1.55 bits per heavy atom. The Hall–Kier alpha value is -1.06. The second-order valence-electron chi connectivity index (χ2n) is 3.49. The number of carbonyl (C=O) groups is 2. The molecule has 0 aromatic rings. The van der Waals surface area contributed by atoms with Gasteiger partial charge in [-0.2, -0.15) is 0 Å². The Bertz CT molecular complexity index is 160. The van der Waals surface area contributed by atoms with Crippen molar-refractivity contribution in [3.63, 3.8) is 0 Å². The van der Waals surface area contributed by atoms with Crippen LogP contribution < -0.4 is 11.1 Å². The highest BCUT2D eigenvalue weighted by Gasteiger charge is 2.28. The molecule has 0 aromatic heterocycles. The van der Waals surface area contributed by atoms with Crippen LogP contribution in [0.15, 0.2) is 0 Å². The summed E-state index contributed by atoms with van der Waals surface area (Å²) in [6.07, 6.45) is 0.487. The van der Waals surface area contributed by atoms with Gasteiger partial charge in [0.2, 0.25) is 12.3 Å². The van der Waals surface area contributed by atoms with Crippen LogP contribution in [0.1, 0.15) is 20.8 Å². The predicted octanol–water partition coefficient (Wildman–Crippen LogP) is -0.368. The summed E-state index contributed by atoms with van der Waals surface area (Å²) in [5.41, 5.74) is 4.72. The fourth-order valence-corrected chi connectivity index (χ4v) is 0.827. The summed E-state index contributed by atoms with van der Waals surface area (Å²) in [6, 6.07) is -0.597. The highest BCUT2D eigenvalue weighted by molar-refractivity contribution is 5.82. The lowest BCUT2D eigenvalue weighted by molar-refractivity contribution is -0.125. The molecule has 0 aromatic carbocycles. The first kappa shape index (κ1) is 9.94. The van der Waals surface area contributed by atoms with Gasteiger partial charge >= 0.3 is 0 Å². The lowest BCUT2D eigenvalue weighted by Gasteiger charge is -2.26. The molecule has 4 nitrogen and oxygen atoms in total. The molecular formula is C7H14N2O2. The zero-order chi connectivity index (χ0) is 9.07. The molecule has 0 saturated heterocycles. The third-order valence-corrected chi connectivity index (χ3v) is 1.39. The minimum Gasteiger partial charge on any atom is -0.368 e. The van der Waals surface area contributed by atoms with Gasteiger partial charge in [-0.15, -0.1) is 0 Å². The summed E-state index contributed by atoms with van der Waals surface area (Å²) in [4.78, 5) is 20.8. The van der Waals surface area contributed by atoms with E-state index in [2.05, 4.69) is 5.32 Å². The summed E-state index contributed by atoms with van der Waals surface area (Å²) < 4.78 is 0. The maximum atomic E-state index is 10.7. The lowest BCUT2D eigenvalue weighted by Crippen LogP contribution is -2.49. The Labute approximate surface area is 66.1 Å². The molecule has 0 spiro atoms. The second kappa shape index (κ2) is 3.37. The maximum absolute atomic E-state index is 10.7. The Morgan fingerprint density at radius 2 is 2.00 bits per heavy atom. The van der Waals surface area contributed by atoms with Crippen molar-refractivity contribution in [2.24, 2.45) is 11.1 Å². The number of rotatable bonds is 3. The highest BCUT2D eigenvalue weighted by Crippen LogP contribution is 2.18. The van der Waals surface area contributed by atoms with Crippen LogP contribution in [-0.2, 0) is 9.59 Å². The molecule has 0 fully saturated rings. The molecule has 4 heteroatoms. The highest BCUT2D eigenvalue weighted by atomic mass is 16.2. The molecule has 64 valence electrons. The normalized spacial score (nSPS) is 13.7. The first-order chi connectivity index (χ1) is 4.89. The van der Waals surface area contributed by atoms with Crippen LogP contribution in [0, 0.1) is 5.41 Å².